The number of carbonyl (C=O) groups is 2. The Morgan fingerprint density at radius 1 is 1.30 bits per heavy atom. The summed E-state index contributed by atoms with van der Waals surface area (Å²) >= 11 is 0. The summed E-state index contributed by atoms with van der Waals surface area (Å²) in [4.78, 5) is 24.0. The summed E-state index contributed by atoms with van der Waals surface area (Å²) in [5, 5.41) is 10.4. The third-order valence-corrected chi connectivity index (χ3v) is 4.33. The Balaban J connectivity index is 2.22. The van der Waals surface area contributed by atoms with Gasteiger partial charge in [-0.15, -0.1) is 0 Å². The molecule has 7 heteroatoms. The maximum atomic E-state index is 11.9. The van der Waals surface area contributed by atoms with E-state index < -0.39 is 15.8 Å². The van der Waals surface area contributed by atoms with Crippen LogP contribution in [-0.4, -0.2) is 33.1 Å². The van der Waals surface area contributed by atoms with E-state index in [1.165, 1.54) is 11.0 Å². The summed E-state index contributed by atoms with van der Waals surface area (Å²) in [5.74, 6) is -1.55. The fourth-order valence-electron chi connectivity index (χ4n) is 2.21. The molecule has 0 unspecified atom stereocenters. The van der Waals surface area contributed by atoms with Crippen LogP contribution in [0, 0.1) is 0 Å². The van der Waals surface area contributed by atoms with E-state index in [4.69, 9.17) is 0 Å². The monoisotopic (exact) mass is 296 g/mol. The first kappa shape index (κ1) is 14.5. The molecule has 1 aliphatic rings. The van der Waals surface area contributed by atoms with Crippen molar-refractivity contribution in [2.45, 2.75) is 24.2 Å². The molecule has 0 bridgehead atoms. The molecule has 0 atom stereocenters. The van der Waals surface area contributed by atoms with Crippen molar-refractivity contribution in [2.24, 2.45) is 0 Å². The van der Waals surface area contributed by atoms with Crippen molar-refractivity contribution in [2.75, 3.05) is 17.7 Å². The number of carboxylic acid groups (broad SMARTS) is 1. The molecule has 0 aliphatic carbocycles. The average molecular weight is 296 g/mol. The number of hydrogen-bond donors (Lipinski definition) is 0. The SMILES string of the molecule is CS(=O)(=O)c1ccc2c(c1)CCN2C(=O)CCC(=O)[O-]. The van der Waals surface area contributed by atoms with Gasteiger partial charge >= 0.3 is 0 Å². The number of rotatable bonds is 4. The molecule has 1 amide bonds. The average Bonchev–Trinajstić information content (AvgIpc) is 2.77. The first-order chi connectivity index (χ1) is 9.29. The number of sulfone groups is 1. The van der Waals surface area contributed by atoms with Gasteiger partial charge in [-0.2, -0.15) is 0 Å². The van der Waals surface area contributed by atoms with Gasteiger partial charge in [-0.25, -0.2) is 8.42 Å². The standard InChI is InChI=1S/C13H15NO5S/c1-20(18,19)10-2-3-11-9(8-10)6-7-14(11)12(15)4-5-13(16)17/h2-3,8H,4-7H2,1H3,(H,16,17)/p-1. The molecule has 0 aromatic heterocycles. The fourth-order valence-corrected chi connectivity index (χ4v) is 2.88. The highest BCUT2D eigenvalue weighted by Gasteiger charge is 2.25. The Morgan fingerprint density at radius 2 is 2.00 bits per heavy atom. The molecular weight excluding hydrogens is 282 g/mol. The van der Waals surface area contributed by atoms with Gasteiger partial charge < -0.3 is 14.8 Å². The Hall–Kier alpha value is -1.89. The molecule has 0 spiro atoms. The molecule has 0 saturated carbocycles. The van der Waals surface area contributed by atoms with E-state index in [9.17, 15) is 23.1 Å². The molecule has 108 valence electrons. The van der Waals surface area contributed by atoms with Crippen LogP contribution in [0.1, 0.15) is 18.4 Å². The number of nitrogens with zero attached hydrogens (tertiary/aromatic N) is 1. The quantitative estimate of drug-likeness (QED) is 0.747. The van der Waals surface area contributed by atoms with E-state index in [2.05, 4.69) is 0 Å². The number of aliphatic carboxylic acids is 1. The van der Waals surface area contributed by atoms with Gasteiger partial charge in [-0.1, -0.05) is 0 Å². The Kier molecular flexibility index (Phi) is 3.80. The van der Waals surface area contributed by atoms with Crippen molar-refractivity contribution in [3.8, 4) is 0 Å². The highest BCUT2D eigenvalue weighted by Crippen LogP contribution is 2.30. The molecule has 2 rings (SSSR count). The van der Waals surface area contributed by atoms with Gasteiger partial charge in [-0.3, -0.25) is 4.79 Å². The molecule has 1 aliphatic heterocycles. The van der Waals surface area contributed by atoms with Gasteiger partial charge in [0.1, 0.15) is 0 Å². The first-order valence-electron chi connectivity index (χ1n) is 6.12. The number of amides is 1. The normalized spacial score (nSPS) is 14.2. The molecule has 6 nitrogen and oxygen atoms in total. The number of carboxylic acids is 1. The van der Waals surface area contributed by atoms with Gasteiger partial charge in [0.25, 0.3) is 0 Å². The van der Waals surface area contributed by atoms with Crippen molar-refractivity contribution < 1.29 is 23.1 Å². The summed E-state index contributed by atoms with van der Waals surface area (Å²) in [6, 6.07) is 4.62. The minimum Gasteiger partial charge on any atom is -0.550 e. The van der Waals surface area contributed by atoms with Crippen molar-refractivity contribution in [1.29, 1.82) is 0 Å². The summed E-state index contributed by atoms with van der Waals surface area (Å²) in [5.41, 5.74) is 1.44. The number of fused-ring (bicyclic) bond motifs is 1. The number of carbonyl (C=O) groups excluding carboxylic acids is 2. The minimum atomic E-state index is -3.27. The van der Waals surface area contributed by atoms with E-state index in [1.54, 1.807) is 12.1 Å². The second-order valence-corrected chi connectivity index (χ2v) is 6.75. The number of benzene rings is 1. The van der Waals surface area contributed by atoms with Gasteiger partial charge in [0.15, 0.2) is 9.84 Å². The van der Waals surface area contributed by atoms with Crippen LogP contribution in [-0.2, 0) is 25.8 Å². The lowest BCUT2D eigenvalue weighted by molar-refractivity contribution is -0.305. The highest BCUT2D eigenvalue weighted by atomic mass is 32.2. The van der Waals surface area contributed by atoms with E-state index in [-0.39, 0.29) is 23.6 Å². The van der Waals surface area contributed by atoms with Gasteiger partial charge in [0.05, 0.1) is 4.90 Å². The fraction of sp³-hybridized carbons (Fsp3) is 0.385. The van der Waals surface area contributed by atoms with Crippen molar-refractivity contribution >= 4 is 27.4 Å². The zero-order valence-corrected chi connectivity index (χ0v) is 11.8. The zero-order chi connectivity index (χ0) is 14.9. The van der Waals surface area contributed by atoms with Gasteiger partial charge in [-0.05, 0) is 36.6 Å². The van der Waals surface area contributed by atoms with E-state index in [0.717, 1.165) is 11.8 Å². The van der Waals surface area contributed by atoms with Crippen LogP contribution >= 0.6 is 0 Å². The summed E-state index contributed by atoms with van der Waals surface area (Å²) in [6.45, 7) is 0.439. The molecule has 0 N–H and O–H groups in total. The third kappa shape index (κ3) is 2.98. The predicted molar refractivity (Wildman–Crippen MR) is 69.8 cm³/mol. The Bertz CT molecular complexity index is 665. The maximum absolute atomic E-state index is 11.9. The van der Waals surface area contributed by atoms with Crippen LogP contribution in [0.25, 0.3) is 0 Å². The van der Waals surface area contributed by atoms with Crippen LogP contribution in [0.3, 0.4) is 0 Å². The largest absolute Gasteiger partial charge is 0.550 e. The van der Waals surface area contributed by atoms with Crippen molar-refractivity contribution in [3.63, 3.8) is 0 Å². The topological polar surface area (TPSA) is 94.6 Å². The van der Waals surface area contributed by atoms with Gasteiger partial charge in [0, 0.05) is 30.9 Å². The molecule has 0 radical (unpaired) electrons. The van der Waals surface area contributed by atoms with Gasteiger partial charge in [0.2, 0.25) is 5.91 Å². The Labute approximate surface area is 116 Å². The zero-order valence-electron chi connectivity index (χ0n) is 11.0. The van der Waals surface area contributed by atoms with Crippen LogP contribution in [0.4, 0.5) is 5.69 Å². The van der Waals surface area contributed by atoms with Crippen LogP contribution in [0.2, 0.25) is 0 Å². The molecule has 20 heavy (non-hydrogen) atoms. The van der Waals surface area contributed by atoms with E-state index in [1.807, 2.05) is 0 Å². The summed E-state index contributed by atoms with van der Waals surface area (Å²) in [7, 11) is -3.27. The lowest BCUT2D eigenvalue weighted by Gasteiger charge is -2.17. The predicted octanol–water partition coefficient (Wildman–Crippen LogP) is -0.491. The van der Waals surface area contributed by atoms with E-state index >= 15 is 0 Å². The molecule has 0 saturated heterocycles. The third-order valence-electron chi connectivity index (χ3n) is 3.22. The minimum absolute atomic E-state index is 0.115. The number of hydrogen-bond acceptors (Lipinski definition) is 5. The van der Waals surface area contributed by atoms with Crippen LogP contribution in [0.5, 0.6) is 0 Å². The molecule has 1 aromatic carbocycles. The Morgan fingerprint density at radius 3 is 2.60 bits per heavy atom. The lowest BCUT2D eigenvalue weighted by Crippen LogP contribution is -2.31. The van der Waals surface area contributed by atoms with Crippen LogP contribution < -0.4 is 10.0 Å². The van der Waals surface area contributed by atoms with Crippen molar-refractivity contribution in [3.05, 3.63) is 23.8 Å². The first-order valence-corrected chi connectivity index (χ1v) is 8.01. The second-order valence-electron chi connectivity index (χ2n) is 4.73. The molecule has 0 fully saturated rings. The van der Waals surface area contributed by atoms with Crippen LogP contribution in [0.15, 0.2) is 23.1 Å². The van der Waals surface area contributed by atoms with Crippen molar-refractivity contribution in [1.82, 2.24) is 0 Å². The molecule has 1 aromatic rings. The lowest BCUT2D eigenvalue weighted by atomic mass is 10.2. The van der Waals surface area contributed by atoms with E-state index in [0.29, 0.717) is 18.7 Å². The molecular formula is C13H14NO5S-. The summed E-state index contributed by atoms with van der Waals surface area (Å²) in [6.07, 6.45) is 1.27. The molecule has 1 heterocycles. The number of anilines is 1. The second kappa shape index (κ2) is 5.24. The smallest absolute Gasteiger partial charge is 0.227 e. The maximum Gasteiger partial charge on any atom is 0.227 e. The highest BCUT2D eigenvalue weighted by molar-refractivity contribution is 7.90. The summed E-state index contributed by atoms with van der Waals surface area (Å²) < 4.78 is 22.9.